The summed E-state index contributed by atoms with van der Waals surface area (Å²) in [7, 11) is 0. The first-order valence-corrected chi connectivity index (χ1v) is 6.21. The van der Waals surface area contributed by atoms with E-state index in [1.54, 1.807) is 0 Å². The van der Waals surface area contributed by atoms with Crippen LogP contribution in [0.4, 0.5) is 0 Å². The second-order valence-electron chi connectivity index (χ2n) is 5.09. The second-order valence-corrected chi connectivity index (χ2v) is 5.09. The topological polar surface area (TPSA) is 32.3 Å². The van der Waals surface area contributed by atoms with Gasteiger partial charge in [-0.05, 0) is 26.2 Å². The third kappa shape index (κ3) is 2.35. The van der Waals surface area contributed by atoms with Gasteiger partial charge in [0, 0.05) is 31.1 Å². The van der Waals surface area contributed by atoms with Gasteiger partial charge in [0.05, 0.1) is 0 Å². The molecule has 2 fully saturated rings. The van der Waals surface area contributed by atoms with E-state index < -0.39 is 0 Å². The van der Waals surface area contributed by atoms with Crippen molar-refractivity contribution in [2.24, 2.45) is 5.41 Å². The van der Waals surface area contributed by atoms with E-state index >= 15 is 0 Å². The molecule has 1 saturated heterocycles. The summed E-state index contributed by atoms with van der Waals surface area (Å²) in [6.45, 7) is 7.04. The molecule has 2 aliphatic rings. The zero-order chi connectivity index (χ0) is 10.9. The highest BCUT2D eigenvalue weighted by molar-refractivity contribution is 5.85. The van der Waals surface area contributed by atoms with E-state index in [1.807, 2.05) is 0 Å². The van der Waals surface area contributed by atoms with Crippen molar-refractivity contribution in [1.82, 2.24) is 10.2 Å². The number of halogens is 1. The highest BCUT2D eigenvalue weighted by atomic mass is 35.5. The van der Waals surface area contributed by atoms with Crippen LogP contribution in [0.1, 0.15) is 39.5 Å². The molecule has 1 aliphatic heterocycles. The van der Waals surface area contributed by atoms with E-state index in [-0.39, 0.29) is 17.8 Å². The second kappa shape index (κ2) is 5.37. The molecule has 1 saturated carbocycles. The van der Waals surface area contributed by atoms with Crippen molar-refractivity contribution in [2.45, 2.75) is 45.6 Å². The highest BCUT2D eigenvalue weighted by Gasteiger charge is 2.44. The van der Waals surface area contributed by atoms with Crippen LogP contribution in [0.15, 0.2) is 0 Å². The van der Waals surface area contributed by atoms with Gasteiger partial charge in [0.2, 0.25) is 5.91 Å². The van der Waals surface area contributed by atoms with Crippen LogP contribution in [-0.2, 0) is 4.79 Å². The lowest BCUT2D eigenvalue weighted by atomic mass is 9.66. The zero-order valence-corrected chi connectivity index (χ0v) is 11.1. The van der Waals surface area contributed by atoms with Gasteiger partial charge in [-0.2, -0.15) is 0 Å². The highest BCUT2D eigenvalue weighted by Crippen LogP contribution is 2.45. The molecule has 0 spiro atoms. The van der Waals surface area contributed by atoms with Crippen molar-refractivity contribution in [3.8, 4) is 0 Å². The molecule has 3 nitrogen and oxygen atoms in total. The lowest BCUT2D eigenvalue weighted by Crippen LogP contribution is -2.56. The summed E-state index contributed by atoms with van der Waals surface area (Å²) in [5.74, 6) is 0.421. The van der Waals surface area contributed by atoms with Crippen LogP contribution in [0.25, 0.3) is 0 Å². The first kappa shape index (κ1) is 13.8. The van der Waals surface area contributed by atoms with Crippen molar-refractivity contribution >= 4 is 18.3 Å². The van der Waals surface area contributed by atoms with Gasteiger partial charge in [-0.25, -0.2) is 0 Å². The van der Waals surface area contributed by atoms with Gasteiger partial charge in [-0.15, -0.1) is 12.4 Å². The Kier molecular flexibility index (Phi) is 4.62. The van der Waals surface area contributed by atoms with Crippen molar-refractivity contribution in [3.63, 3.8) is 0 Å². The molecule has 0 radical (unpaired) electrons. The van der Waals surface area contributed by atoms with Gasteiger partial charge < -0.3 is 10.2 Å². The number of carbonyl (C=O) groups excluding carboxylic acids is 1. The van der Waals surface area contributed by atoms with E-state index in [9.17, 15) is 4.79 Å². The summed E-state index contributed by atoms with van der Waals surface area (Å²) in [6, 6.07) is 0.455. The van der Waals surface area contributed by atoms with Crippen LogP contribution in [0.3, 0.4) is 0 Å². The van der Waals surface area contributed by atoms with Gasteiger partial charge in [0.1, 0.15) is 0 Å². The summed E-state index contributed by atoms with van der Waals surface area (Å²) >= 11 is 0. The molecule has 4 heteroatoms. The minimum atomic E-state index is 0. The first-order chi connectivity index (χ1) is 7.18. The quantitative estimate of drug-likeness (QED) is 0.806. The third-order valence-electron chi connectivity index (χ3n) is 4.10. The Morgan fingerprint density at radius 2 is 2.19 bits per heavy atom. The number of piperazine rings is 1. The average molecular weight is 247 g/mol. The molecule has 1 amide bonds. The molecular formula is C12H23ClN2O. The van der Waals surface area contributed by atoms with Crippen molar-refractivity contribution in [2.75, 3.05) is 19.6 Å². The third-order valence-corrected chi connectivity index (χ3v) is 4.10. The predicted molar refractivity (Wildman–Crippen MR) is 67.9 cm³/mol. The van der Waals surface area contributed by atoms with E-state index in [0.717, 1.165) is 38.9 Å². The maximum atomic E-state index is 12.4. The molecule has 2 rings (SSSR count). The summed E-state index contributed by atoms with van der Waals surface area (Å²) < 4.78 is 0. The minimum absolute atomic E-state index is 0. The predicted octanol–water partition coefficient (Wildman–Crippen LogP) is 1.81. The van der Waals surface area contributed by atoms with Crippen molar-refractivity contribution in [1.29, 1.82) is 0 Å². The molecule has 1 heterocycles. The van der Waals surface area contributed by atoms with Crippen LogP contribution >= 0.6 is 12.4 Å². The Balaban J connectivity index is 0.00000128. The molecule has 0 bridgehead atoms. The van der Waals surface area contributed by atoms with Crippen LogP contribution in [0.5, 0.6) is 0 Å². The number of nitrogens with zero attached hydrogens (tertiary/aromatic N) is 1. The Morgan fingerprint density at radius 3 is 2.62 bits per heavy atom. The van der Waals surface area contributed by atoms with Crippen LogP contribution in [-0.4, -0.2) is 36.5 Å². The number of carbonyl (C=O) groups is 1. The zero-order valence-electron chi connectivity index (χ0n) is 10.3. The Labute approximate surface area is 104 Å². The lowest BCUT2D eigenvalue weighted by molar-refractivity contribution is -0.149. The fourth-order valence-electron chi connectivity index (χ4n) is 2.77. The molecule has 1 atom stereocenters. The fourth-order valence-corrected chi connectivity index (χ4v) is 2.77. The van der Waals surface area contributed by atoms with E-state index in [1.165, 1.54) is 6.42 Å². The smallest absolute Gasteiger partial charge is 0.228 e. The maximum absolute atomic E-state index is 12.4. The van der Waals surface area contributed by atoms with Crippen molar-refractivity contribution in [3.05, 3.63) is 0 Å². The normalized spacial score (nSPS) is 27.9. The summed E-state index contributed by atoms with van der Waals surface area (Å²) in [4.78, 5) is 14.5. The number of hydrogen-bond donors (Lipinski definition) is 1. The molecule has 16 heavy (non-hydrogen) atoms. The minimum Gasteiger partial charge on any atom is -0.339 e. The molecule has 0 aromatic rings. The van der Waals surface area contributed by atoms with Crippen LogP contribution in [0, 0.1) is 5.41 Å². The average Bonchev–Trinajstić information content (AvgIpc) is 2.17. The van der Waals surface area contributed by atoms with E-state index in [2.05, 4.69) is 24.1 Å². The van der Waals surface area contributed by atoms with Crippen molar-refractivity contribution < 1.29 is 4.79 Å². The Hall–Kier alpha value is -0.280. The number of amides is 1. The SMILES string of the molecule is CCC1(C(=O)N2CCN[C@@H](C)C2)CCC1.Cl. The number of hydrogen-bond acceptors (Lipinski definition) is 2. The molecule has 0 unspecified atom stereocenters. The molecule has 0 aromatic heterocycles. The molecule has 94 valence electrons. The monoisotopic (exact) mass is 246 g/mol. The first-order valence-electron chi connectivity index (χ1n) is 6.21. The van der Waals surface area contributed by atoms with Gasteiger partial charge in [-0.1, -0.05) is 13.3 Å². The maximum Gasteiger partial charge on any atom is 0.228 e. The molecular weight excluding hydrogens is 224 g/mol. The molecule has 0 aromatic carbocycles. The van der Waals surface area contributed by atoms with E-state index in [4.69, 9.17) is 0 Å². The summed E-state index contributed by atoms with van der Waals surface area (Å²) in [5, 5.41) is 3.38. The van der Waals surface area contributed by atoms with Crippen LogP contribution < -0.4 is 5.32 Å². The molecule has 1 N–H and O–H groups in total. The van der Waals surface area contributed by atoms with Gasteiger partial charge in [-0.3, -0.25) is 4.79 Å². The van der Waals surface area contributed by atoms with Gasteiger partial charge in [0.15, 0.2) is 0 Å². The summed E-state index contributed by atoms with van der Waals surface area (Å²) in [6.07, 6.45) is 4.48. The van der Waals surface area contributed by atoms with Gasteiger partial charge >= 0.3 is 0 Å². The number of nitrogens with one attached hydrogen (secondary N) is 1. The Morgan fingerprint density at radius 1 is 1.50 bits per heavy atom. The lowest BCUT2D eigenvalue weighted by Gasteiger charge is -2.45. The van der Waals surface area contributed by atoms with Gasteiger partial charge in [0.25, 0.3) is 0 Å². The molecule has 1 aliphatic carbocycles. The number of rotatable bonds is 2. The standard InChI is InChI=1S/C12H22N2O.ClH/c1-3-12(5-4-6-12)11(15)14-8-7-13-10(2)9-14;/h10,13H,3-9H2,1-2H3;1H/t10-;/m0./s1. The largest absolute Gasteiger partial charge is 0.339 e. The van der Waals surface area contributed by atoms with Crippen LogP contribution in [0.2, 0.25) is 0 Å². The van der Waals surface area contributed by atoms with E-state index in [0.29, 0.717) is 11.9 Å². The Bertz CT molecular complexity index is 248. The summed E-state index contributed by atoms with van der Waals surface area (Å²) in [5.41, 5.74) is 0.0249. The fraction of sp³-hybridized carbons (Fsp3) is 0.917.